The van der Waals surface area contributed by atoms with Crippen molar-refractivity contribution < 1.29 is 30.0 Å². The third-order valence-electron chi connectivity index (χ3n) is 12.2. The van der Waals surface area contributed by atoms with Gasteiger partial charge < -0.3 is 9.55 Å². The predicted octanol–water partition coefficient (Wildman–Crippen LogP) is 16.6. The first kappa shape index (κ1) is 41.8. The monoisotopic (exact) mass is 1080 g/mol. The zero-order valence-electron chi connectivity index (χ0n) is 42.9. The van der Waals surface area contributed by atoms with Crippen LogP contribution in [-0.4, -0.2) is 22.6 Å². The molecule has 7 heteroatoms. The number of hydrogen-bond donors (Lipinski definition) is 0. The topological polar surface area (TPSA) is 30.7 Å². The van der Waals surface area contributed by atoms with Crippen molar-refractivity contribution >= 4 is 66.6 Å². The standard InChI is InChI=1S/C41H32FN2S.C18H24NSi.Ir/c1-24(2)34-21-28(26-11-6-5-7-12-26)22-35(25(3)4)38(34)44-39-30-14-9-8-13-27(30)17-20-36(39)43-41(44)33-16-10-15-32-31-19-18-29(42)23-37(31)45-40(32)33;1-13(2)16-11-17(15-9-7-14(3)8-10-15)19-12-18(16)20(4,5)6;/h5-15,17-25H,1-4H3;7-9,11-13H,1-6H3;/q2*-1;/i;3D3,13D;. The van der Waals surface area contributed by atoms with Crippen molar-refractivity contribution in [1.29, 1.82) is 0 Å². The van der Waals surface area contributed by atoms with Crippen LogP contribution in [-0.2, 0) is 20.1 Å². The van der Waals surface area contributed by atoms with Gasteiger partial charge in [0.15, 0.2) is 0 Å². The number of benzene rings is 7. The van der Waals surface area contributed by atoms with Gasteiger partial charge in [0.25, 0.3) is 0 Å². The summed E-state index contributed by atoms with van der Waals surface area (Å²) in [7, 11) is -1.61. The Hall–Kier alpha value is -5.56. The van der Waals surface area contributed by atoms with E-state index in [4.69, 9.17) is 10.5 Å². The van der Waals surface area contributed by atoms with Crippen LogP contribution in [0.4, 0.5) is 4.39 Å². The Kier molecular flexibility index (Phi) is 12.0. The molecule has 0 aliphatic rings. The van der Waals surface area contributed by atoms with Crippen LogP contribution in [0.25, 0.3) is 81.4 Å². The molecule has 10 rings (SSSR count). The summed E-state index contributed by atoms with van der Waals surface area (Å²) in [6.45, 7) is 17.5. The number of thiophene rings is 1. The van der Waals surface area contributed by atoms with Gasteiger partial charge in [0.2, 0.25) is 0 Å². The largest absolute Gasteiger partial charge is 0.332 e. The van der Waals surface area contributed by atoms with Crippen LogP contribution >= 0.6 is 11.3 Å². The first-order valence-corrected chi connectivity index (χ1v) is 26.7. The minimum atomic E-state index is -2.13. The van der Waals surface area contributed by atoms with Gasteiger partial charge in [0, 0.05) is 47.6 Å². The first-order valence-electron chi connectivity index (χ1n) is 24.4. The van der Waals surface area contributed by atoms with Crippen LogP contribution in [0.1, 0.15) is 87.0 Å². The zero-order valence-corrected chi connectivity index (χ0v) is 43.1. The smallest absolute Gasteiger partial charge is 0.124 e. The Labute approximate surface area is 413 Å². The molecule has 0 unspecified atom stereocenters. The SMILES string of the molecule is CC(C)c1cc(-c2ccccc2)cc(C(C)C)c1-n1c(-c2[c-]ccc3c2sc2cc(F)ccc23)nc2ccc3ccccc3c21.[2H]C([2H])([2H])c1c[c-]c(-c2cc(C([2H])(C)C)c([Si](C)(C)C)cn2)cc1.[Ir]. The molecule has 7 aromatic carbocycles. The molecule has 0 N–H and O–H groups in total. The van der Waals surface area contributed by atoms with Crippen LogP contribution in [0.15, 0.2) is 140 Å². The number of imidazole rings is 1. The van der Waals surface area contributed by atoms with Crippen LogP contribution in [0.5, 0.6) is 0 Å². The van der Waals surface area contributed by atoms with Crippen molar-refractivity contribution in [2.75, 3.05) is 0 Å². The molecule has 3 nitrogen and oxygen atoms in total. The minimum Gasteiger partial charge on any atom is -0.332 e. The molecular formula is C59H56FIrN3SSi-2. The summed E-state index contributed by atoms with van der Waals surface area (Å²) in [6, 6.07) is 50.8. The van der Waals surface area contributed by atoms with Crippen molar-refractivity contribution in [3.05, 3.63) is 180 Å². The van der Waals surface area contributed by atoms with Gasteiger partial charge in [0.1, 0.15) is 5.82 Å². The summed E-state index contributed by atoms with van der Waals surface area (Å²) in [5.74, 6) is 0.434. The van der Waals surface area contributed by atoms with E-state index in [1.807, 2.05) is 38.2 Å². The maximum Gasteiger partial charge on any atom is 0.124 e. The van der Waals surface area contributed by atoms with Gasteiger partial charge in [-0.05, 0) is 96.7 Å². The molecule has 0 atom stereocenters. The molecule has 66 heavy (non-hydrogen) atoms. The molecule has 0 amide bonds. The molecule has 0 bridgehead atoms. The number of rotatable bonds is 8. The van der Waals surface area contributed by atoms with E-state index in [0.717, 1.165) is 64.8 Å². The second-order valence-electron chi connectivity index (χ2n) is 18.8. The number of nitrogens with zero attached hydrogens (tertiary/aromatic N) is 3. The van der Waals surface area contributed by atoms with Crippen LogP contribution in [0.2, 0.25) is 19.6 Å². The van der Waals surface area contributed by atoms with Crippen LogP contribution < -0.4 is 5.19 Å². The van der Waals surface area contributed by atoms with E-state index in [0.29, 0.717) is 0 Å². The van der Waals surface area contributed by atoms with E-state index in [2.05, 4.69) is 154 Å². The molecule has 1 radical (unpaired) electrons. The molecular weight excluding hydrogens is 1020 g/mol. The van der Waals surface area contributed by atoms with Crippen molar-refractivity contribution in [1.82, 2.24) is 14.5 Å². The van der Waals surface area contributed by atoms with Gasteiger partial charge in [-0.1, -0.05) is 157 Å². The second-order valence-corrected chi connectivity index (χ2v) is 24.9. The van der Waals surface area contributed by atoms with Crippen LogP contribution in [0.3, 0.4) is 0 Å². The van der Waals surface area contributed by atoms with E-state index >= 15 is 0 Å². The number of aromatic nitrogens is 3. The van der Waals surface area contributed by atoms with Crippen molar-refractivity contribution in [3.8, 4) is 39.5 Å². The van der Waals surface area contributed by atoms with Gasteiger partial charge in [-0.15, -0.1) is 53.6 Å². The third kappa shape index (κ3) is 8.99. The summed E-state index contributed by atoms with van der Waals surface area (Å²) in [6.07, 6.45) is 1.89. The second kappa shape index (κ2) is 19.0. The number of halogens is 1. The van der Waals surface area contributed by atoms with E-state index in [9.17, 15) is 4.39 Å². The average Bonchev–Trinajstić information content (AvgIpc) is 3.89. The Bertz CT molecular complexity index is 3500. The van der Waals surface area contributed by atoms with Crippen molar-refractivity contribution in [2.24, 2.45) is 0 Å². The summed E-state index contributed by atoms with van der Waals surface area (Å²) >= 11 is 1.61. The Balaban J connectivity index is 0.000000224. The normalized spacial score (nSPS) is 13.1. The Morgan fingerprint density at radius 1 is 0.727 bits per heavy atom. The summed E-state index contributed by atoms with van der Waals surface area (Å²) in [5.41, 5.74) is 11.9. The molecule has 0 aliphatic carbocycles. The molecule has 0 spiro atoms. The molecule has 3 aromatic heterocycles. The maximum atomic E-state index is 14.3. The number of pyridine rings is 1. The van der Waals surface area contributed by atoms with Crippen molar-refractivity contribution in [2.45, 2.75) is 85.8 Å². The van der Waals surface area contributed by atoms with Gasteiger partial charge in [0.05, 0.1) is 24.9 Å². The van der Waals surface area contributed by atoms with E-state index < -0.39 is 20.8 Å². The molecule has 0 saturated heterocycles. The van der Waals surface area contributed by atoms with E-state index in [1.54, 1.807) is 35.6 Å². The molecule has 10 aromatic rings. The van der Waals surface area contributed by atoms with Gasteiger partial charge in [-0.25, -0.2) is 4.39 Å². The summed E-state index contributed by atoms with van der Waals surface area (Å²) in [5, 5.41) is 5.68. The van der Waals surface area contributed by atoms with Crippen LogP contribution in [0, 0.1) is 24.8 Å². The van der Waals surface area contributed by atoms with E-state index in [1.165, 1.54) is 44.6 Å². The Morgan fingerprint density at radius 2 is 1.45 bits per heavy atom. The molecule has 335 valence electrons. The zero-order chi connectivity index (χ0) is 49.2. The molecule has 0 fully saturated rings. The molecule has 0 aliphatic heterocycles. The number of aryl methyl sites for hydroxylation is 1. The van der Waals surface area contributed by atoms with Crippen molar-refractivity contribution in [3.63, 3.8) is 0 Å². The number of hydrogen-bond acceptors (Lipinski definition) is 3. The fourth-order valence-corrected chi connectivity index (χ4v) is 11.7. The van der Waals surface area contributed by atoms with Gasteiger partial charge in [-0.2, -0.15) is 11.3 Å². The third-order valence-corrected chi connectivity index (χ3v) is 15.4. The average molecular weight is 1080 g/mol. The number of fused-ring (bicyclic) bond motifs is 6. The van der Waals surface area contributed by atoms with E-state index in [-0.39, 0.29) is 43.3 Å². The van der Waals surface area contributed by atoms with Gasteiger partial charge in [-0.3, -0.25) is 4.98 Å². The summed E-state index contributed by atoms with van der Waals surface area (Å²) < 4.78 is 49.5. The molecule has 0 saturated carbocycles. The fraction of sp³-hybridized carbons (Fsp3) is 0.220. The fourth-order valence-electron chi connectivity index (χ4n) is 8.92. The summed E-state index contributed by atoms with van der Waals surface area (Å²) in [4.78, 5) is 9.95. The van der Waals surface area contributed by atoms with Gasteiger partial charge >= 0.3 is 0 Å². The molecule has 3 heterocycles. The maximum absolute atomic E-state index is 14.3. The minimum absolute atomic E-state index is 0. The predicted molar refractivity (Wildman–Crippen MR) is 280 cm³/mol. The Morgan fingerprint density at radius 3 is 2.12 bits per heavy atom. The first-order chi connectivity index (χ1) is 32.7. The quantitative estimate of drug-likeness (QED) is 0.112.